The van der Waals surface area contributed by atoms with Gasteiger partial charge in [0.05, 0.1) is 6.61 Å². The van der Waals surface area contributed by atoms with Gasteiger partial charge in [0, 0.05) is 32.4 Å². The van der Waals surface area contributed by atoms with Crippen LogP contribution in [-0.2, 0) is 14.3 Å². The molecule has 2 aliphatic heterocycles. The maximum absolute atomic E-state index is 13.0. The van der Waals surface area contributed by atoms with E-state index >= 15 is 0 Å². The lowest BCUT2D eigenvalue weighted by Crippen LogP contribution is -2.57. The van der Waals surface area contributed by atoms with Gasteiger partial charge < -0.3 is 14.5 Å². The number of hydrogen-bond acceptors (Lipinski definition) is 7. The second-order valence-corrected chi connectivity index (χ2v) is 7.69. The first-order valence-electron chi connectivity index (χ1n) is 10.6. The predicted octanol–water partition coefficient (Wildman–Crippen LogP) is 1.92. The van der Waals surface area contributed by atoms with E-state index < -0.39 is 17.9 Å². The molecule has 2 unspecified atom stereocenters. The average Bonchev–Trinajstić information content (AvgIpc) is 2.80. The van der Waals surface area contributed by atoms with E-state index in [1.807, 2.05) is 49.4 Å². The third-order valence-corrected chi connectivity index (χ3v) is 5.61. The zero-order valence-corrected chi connectivity index (χ0v) is 17.8. The summed E-state index contributed by atoms with van der Waals surface area (Å²) >= 11 is 0. The maximum Gasteiger partial charge on any atom is 0.321 e. The summed E-state index contributed by atoms with van der Waals surface area (Å²) in [5, 5.41) is 2.84. The molecule has 0 radical (unpaired) electrons. The number of anilines is 1. The highest BCUT2D eigenvalue weighted by Crippen LogP contribution is 2.31. The van der Waals surface area contributed by atoms with E-state index in [-0.39, 0.29) is 12.5 Å². The number of aliphatic imine (C=N–C) groups is 1. The average molecular weight is 422 g/mol. The number of carbonyl (C=O) groups is 2. The van der Waals surface area contributed by atoms with E-state index in [1.165, 1.54) is 0 Å². The first-order chi connectivity index (χ1) is 15.1. The Morgan fingerprint density at radius 2 is 1.81 bits per heavy atom. The molecule has 4 rings (SSSR count). The minimum atomic E-state index is -0.999. The van der Waals surface area contributed by atoms with Crippen molar-refractivity contribution in [1.29, 1.82) is 0 Å². The fraction of sp³-hybridized carbons (Fsp3) is 0.391. The number of nitrogens with one attached hydrogen (secondary N) is 1. The molecule has 0 aliphatic carbocycles. The van der Waals surface area contributed by atoms with E-state index in [2.05, 4.69) is 20.1 Å². The Balaban J connectivity index is 1.56. The molecule has 3 heterocycles. The number of benzene rings is 1. The minimum absolute atomic E-state index is 0.218. The van der Waals surface area contributed by atoms with Crippen molar-refractivity contribution in [2.75, 3.05) is 37.7 Å². The highest BCUT2D eigenvalue weighted by molar-refractivity contribution is 6.08. The molecule has 1 N–H and O–H groups in total. The Bertz CT molecular complexity index is 953. The number of nitrogens with zero attached hydrogens (tertiary/aromatic N) is 4. The standard InChI is InChI=1S/C23H27N5O3/c1-3-31-22(30)19-20(17-9-7-16(2)8-10-17)25-23(26-21(19)29)28-14-12-27(13-15-28)18-6-4-5-11-24-18/h4-11,19-20H,3,12-15H2,1-2H3,(H,25,26,29). The van der Waals surface area contributed by atoms with Crippen LogP contribution in [-0.4, -0.2) is 60.5 Å². The second kappa shape index (κ2) is 9.16. The Labute approximate surface area is 181 Å². The largest absolute Gasteiger partial charge is 0.465 e. The van der Waals surface area contributed by atoms with Crippen LogP contribution in [0, 0.1) is 12.8 Å². The van der Waals surface area contributed by atoms with Crippen LogP contribution < -0.4 is 10.2 Å². The van der Waals surface area contributed by atoms with Crippen LogP contribution >= 0.6 is 0 Å². The monoisotopic (exact) mass is 421 g/mol. The summed E-state index contributed by atoms with van der Waals surface area (Å²) in [6, 6.07) is 13.0. The van der Waals surface area contributed by atoms with Crippen molar-refractivity contribution in [3.63, 3.8) is 0 Å². The summed E-state index contributed by atoms with van der Waals surface area (Å²) in [7, 11) is 0. The summed E-state index contributed by atoms with van der Waals surface area (Å²) in [4.78, 5) is 39.0. The van der Waals surface area contributed by atoms with Gasteiger partial charge in [-0.25, -0.2) is 9.98 Å². The first-order valence-corrected chi connectivity index (χ1v) is 10.6. The van der Waals surface area contributed by atoms with Crippen LogP contribution in [0.1, 0.15) is 24.1 Å². The van der Waals surface area contributed by atoms with Gasteiger partial charge in [-0.15, -0.1) is 0 Å². The maximum atomic E-state index is 13.0. The Morgan fingerprint density at radius 3 is 2.45 bits per heavy atom. The number of pyridine rings is 1. The summed E-state index contributed by atoms with van der Waals surface area (Å²) in [5.74, 6) is -0.468. The van der Waals surface area contributed by atoms with Gasteiger partial charge in [-0.2, -0.15) is 0 Å². The topological polar surface area (TPSA) is 87.1 Å². The van der Waals surface area contributed by atoms with Crippen molar-refractivity contribution in [3.05, 3.63) is 59.8 Å². The van der Waals surface area contributed by atoms with Crippen LogP contribution in [0.15, 0.2) is 53.7 Å². The first kappa shape index (κ1) is 20.8. The normalized spacial score (nSPS) is 21.4. The predicted molar refractivity (Wildman–Crippen MR) is 118 cm³/mol. The lowest BCUT2D eigenvalue weighted by molar-refractivity contribution is -0.153. The molecule has 2 aliphatic rings. The van der Waals surface area contributed by atoms with Crippen molar-refractivity contribution >= 4 is 23.7 Å². The molecule has 1 saturated heterocycles. The Kier molecular flexibility index (Phi) is 6.16. The molecule has 2 atom stereocenters. The smallest absolute Gasteiger partial charge is 0.321 e. The van der Waals surface area contributed by atoms with Gasteiger partial charge in [-0.1, -0.05) is 35.9 Å². The number of hydrogen-bond donors (Lipinski definition) is 1. The number of guanidine groups is 1. The number of rotatable bonds is 4. The summed E-state index contributed by atoms with van der Waals surface area (Å²) in [6.07, 6.45) is 1.79. The second-order valence-electron chi connectivity index (χ2n) is 7.69. The number of piperazine rings is 1. The van der Waals surface area contributed by atoms with Crippen molar-refractivity contribution in [2.24, 2.45) is 10.9 Å². The van der Waals surface area contributed by atoms with Crippen molar-refractivity contribution in [3.8, 4) is 0 Å². The molecule has 31 heavy (non-hydrogen) atoms. The van der Waals surface area contributed by atoms with E-state index in [9.17, 15) is 9.59 Å². The van der Waals surface area contributed by atoms with E-state index in [1.54, 1.807) is 13.1 Å². The zero-order chi connectivity index (χ0) is 21.8. The number of carbonyl (C=O) groups excluding carboxylic acids is 2. The molecule has 1 fully saturated rings. The lowest BCUT2D eigenvalue weighted by Gasteiger charge is -2.39. The molecule has 2 aromatic rings. The third kappa shape index (κ3) is 4.52. The summed E-state index contributed by atoms with van der Waals surface area (Å²) in [5.41, 5.74) is 1.93. The van der Waals surface area contributed by atoms with Gasteiger partial charge in [-0.05, 0) is 31.5 Å². The van der Waals surface area contributed by atoms with Gasteiger partial charge in [0.25, 0.3) is 0 Å². The molecule has 1 aromatic carbocycles. The molecule has 1 amide bonds. The third-order valence-electron chi connectivity index (χ3n) is 5.61. The van der Waals surface area contributed by atoms with Gasteiger partial charge in [0.1, 0.15) is 11.9 Å². The number of esters is 1. The highest BCUT2D eigenvalue weighted by atomic mass is 16.5. The van der Waals surface area contributed by atoms with Crippen LogP contribution in [0.25, 0.3) is 0 Å². The van der Waals surface area contributed by atoms with Crippen molar-refractivity contribution in [2.45, 2.75) is 19.9 Å². The SMILES string of the molecule is CCOC(=O)C1C(=O)NC(N2CCN(c3ccccn3)CC2)=NC1c1ccc(C)cc1. The molecule has 0 saturated carbocycles. The number of ether oxygens (including phenoxy) is 1. The van der Waals surface area contributed by atoms with Gasteiger partial charge in [0.15, 0.2) is 5.92 Å². The van der Waals surface area contributed by atoms with E-state index in [0.717, 1.165) is 30.0 Å². The molecule has 8 nitrogen and oxygen atoms in total. The quantitative estimate of drug-likeness (QED) is 0.600. The van der Waals surface area contributed by atoms with E-state index in [0.29, 0.717) is 19.0 Å². The van der Waals surface area contributed by atoms with Gasteiger partial charge in [0.2, 0.25) is 11.9 Å². The van der Waals surface area contributed by atoms with E-state index in [4.69, 9.17) is 9.73 Å². The molecule has 0 spiro atoms. The van der Waals surface area contributed by atoms with Crippen LogP contribution in [0.2, 0.25) is 0 Å². The van der Waals surface area contributed by atoms with Crippen LogP contribution in [0.4, 0.5) is 5.82 Å². The number of aromatic nitrogens is 1. The number of aryl methyl sites for hydroxylation is 1. The van der Waals surface area contributed by atoms with Gasteiger partial charge >= 0.3 is 5.97 Å². The van der Waals surface area contributed by atoms with Crippen LogP contribution in [0.5, 0.6) is 0 Å². The fourth-order valence-electron chi connectivity index (χ4n) is 3.92. The molecular formula is C23H27N5O3. The minimum Gasteiger partial charge on any atom is -0.465 e. The zero-order valence-electron chi connectivity index (χ0n) is 17.8. The van der Waals surface area contributed by atoms with Crippen molar-refractivity contribution in [1.82, 2.24) is 15.2 Å². The molecule has 1 aromatic heterocycles. The summed E-state index contributed by atoms with van der Waals surface area (Å²) < 4.78 is 5.17. The van der Waals surface area contributed by atoms with Crippen molar-refractivity contribution < 1.29 is 14.3 Å². The molecular weight excluding hydrogens is 394 g/mol. The van der Waals surface area contributed by atoms with Crippen LogP contribution in [0.3, 0.4) is 0 Å². The molecule has 162 valence electrons. The fourth-order valence-corrected chi connectivity index (χ4v) is 3.92. The van der Waals surface area contributed by atoms with Gasteiger partial charge in [-0.3, -0.25) is 14.9 Å². The Morgan fingerprint density at radius 1 is 1.10 bits per heavy atom. The summed E-state index contributed by atoms with van der Waals surface area (Å²) in [6.45, 7) is 6.87. The lowest BCUT2D eigenvalue weighted by atomic mass is 9.91. The number of amides is 1. The molecule has 8 heteroatoms. The highest BCUT2D eigenvalue weighted by Gasteiger charge is 2.42. The Hall–Kier alpha value is -3.42. The molecule has 0 bridgehead atoms.